The second-order valence-corrected chi connectivity index (χ2v) is 8.51. The summed E-state index contributed by atoms with van der Waals surface area (Å²) >= 11 is 0. The first kappa shape index (κ1) is 21.0. The molecule has 1 fully saturated rings. The van der Waals surface area contributed by atoms with Gasteiger partial charge in [-0.05, 0) is 55.0 Å². The molecule has 0 unspecified atom stereocenters. The number of hydrogen-bond donors (Lipinski definition) is 1. The van der Waals surface area contributed by atoms with Gasteiger partial charge in [0, 0.05) is 38.1 Å². The fraction of sp³-hybridized carbons (Fsp3) is 0.417. The molecule has 3 heterocycles. The van der Waals surface area contributed by atoms with Crippen LogP contribution in [0, 0.1) is 5.92 Å². The van der Waals surface area contributed by atoms with E-state index in [9.17, 15) is 9.59 Å². The number of carbonyl (C=O) groups excluding carboxylic acids is 1. The van der Waals surface area contributed by atoms with Crippen molar-refractivity contribution in [1.29, 1.82) is 0 Å². The zero-order valence-corrected chi connectivity index (χ0v) is 18.2. The summed E-state index contributed by atoms with van der Waals surface area (Å²) in [4.78, 5) is 36.8. The highest BCUT2D eigenvalue weighted by molar-refractivity contribution is 5.93. The predicted octanol–water partition coefficient (Wildman–Crippen LogP) is 3.37. The van der Waals surface area contributed by atoms with Crippen LogP contribution >= 0.6 is 0 Å². The number of rotatable bonds is 6. The van der Waals surface area contributed by atoms with Crippen LogP contribution in [-0.2, 0) is 13.1 Å². The van der Waals surface area contributed by atoms with E-state index >= 15 is 0 Å². The fourth-order valence-corrected chi connectivity index (χ4v) is 4.00. The summed E-state index contributed by atoms with van der Waals surface area (Å²) in [7, 11) is 0. The highest BCUT2D eigenvalue weighted by atomic mass is 16.2. The molecule has 7 nitrogen and oxygen atoms in total. The van der Waals surface area contributed by atoms with Gasteiger partial charge in [-0.2, -0.15) is 0 Å². The number of piperidine rings is 1. The number of nitrogens with one attached hydrogen (secondary N) is 1. The molecule has 1 saturated heterocycles. The molecule has 1 aliphatic rings. The Kier molecular flexibility index (Phi) is 6.30. The molecule has 1 amide bonds. The first-order valence-electron chi connectivity index (χ1n) is 11.0. The molecule has 162 valence electrons. The molecule has 0 aliphatic carbocycles. The van der Waals surface area contributed by atoms with Gasteiger partial charge in [0.05, 0.1) is 0 Å². The number of fused-ring (bicyclic) bond motifs is 1. The van der Waals surface area contributed by atoms with Crippen LogP contribution in [-0.4, -0.2) is 33.5 Å². The van der Waals surface area contributed by atoms with Crippen molar-refractivity contribution in [2.24, 2.45) is 5.92 Å². The zero-order valence-electron chi connectivity index (χ0n) is 18.2. The van der Waals surface area contributed by atoms with Gasteiger partial charge in [0.15, 0.2) is 11.3 Å². The lowest BCUT2D eigenvalue weighted by Gasteiger charge is -2.28. The Bertz CT molecular complexity index is 1120. The number of carbonyl (C=O) groups is 1. The van der Waals surface area contributed by atoms with Crippen molar-refractivity contribution in [2.45, 2.75) is 46.2 Å². The molecule has 31 heavy (non-hydrogen) atoms. The third kappa shape index (κ3) is 4.76. The average molecular weight is 420 g/mol. The normalized spacial score (nSPS) is 14.2. The number of benzene rings is 1. The van der Waals surface area contributed by atoms with E-state index in [0.29, 0.717) is 24.3 Å². The lowest BCUT2D eigenvalue weighted by Crippen LogP contribution is -2.35. The maximum absolute atomic E-state index is 13.0. The van der Waals surface area contributed by atoms with E-state index in [1.807, 2.05) is 26.0 Å². The smallest absolute Gasteiger partial charge is 0.283 e. The van der Waals surface area contributed by atoms with Gasteiger partial charge in [0.25, 0.3) is 11.5 Å². The van der Waals surface area contributed by atoms with E-state index in [1.165, 1.54) is 24.9 Å². The van der Waals surface area contributed by atoms with Crippen molar-refractivity contribution in [3.8, 4) is 0 Å². The summed E-state index contributed by atoms with van der Waals surface area (Å²) in [5.41, 5.74) is 2.75. The monoisotopic (exact) mass is 419 g/mol. The van der Waals surface area contributed by atoms with Crippen molar-refractivity contribution in [3.05, 3.63) is 64.2 Å². The van der Waals surface area contributed by atoms with E-state index < -0.39 is 11.5 Å². The third-order valence-corrected chi connectivity index (χ3v) is 5.58. The average Bonchev–Trinajstić information content (AvgIpc) is 2.80. The Balaban J connectivity index is 1.51. The molecular formula is C24H29N5O2. The Hall–Kier alpha value is -3.22. The Morgan fingerprint density at radius 2 is 1.84 bits per heavy atom. The van der Waals surface area contributed by atoms with E-state index in [-0.39, 0.29) is 11.6 Å². The molecule has 1 aliphatic heterocycles. The van der Waals surface area contributed by atoms with Crippen LogP contribution in [0.1, 0.15) is 49.2 Å². The molecule has 0 radical (unpaired) electrons. The van der Waals surface area contributed by atoms with Gasteiger partial charge in [-0.3, -0.25) is 14.2 Å². The van der Waals surface area contributed by atoms with Crippen molar-refractivity contribution in [2.75, 3.05) is 18.0 Å². The van der Waals surface area contributed by atoms with Crippen LogP contribution in [0.25, 0.3) is 11.2 Å². The molecule has 1 aromatic carbocycles. The summed E-state index contributed by atoms with van der Waals surface area (Å²) in [6, 6.07) is 11.8. The van der Waals surface area contributed by atoms with Crippen molar-refractivity contribution >= 4 is 22.8 Å². The number of nitrogens with zero attached hydrogens (tertiary/aromatic N) is 4. The minimum Gasteiger partial charge on any atom is -0.372 e. The van der Waals surface area contributed by atoms with Crippen LogP contribution in [0.2, 0.25) is 0 Å². The SMILES string of the molecule is CC(C)Cn1c(=O)c(C(=O)NCc2ccc(N3CCCCC3)cc2)nc2cccnc21. The molecule has 4 rings (SSSR count). The van der Waals surface area contributed by atoms with E-state index in [0.717, 1.165) is 18.7 Å². The minimum atomic E-state index is -0.464. The lowest BCUT2D eigenvalue weighted by atomic mass is 10.1. The molecular weight excluding hydrogens is 390 g/mol. The van der Waals surface area contributed by atoms with Crippen LogP contribution < -0.4 is 15.8 Å². The lowest BCUT2D eigenvalue weighted by molar-refractivity contribution is 0.0944. The fourth-order valence-electron chi connectivity index (χ4n) is 4.00. The Morgan fingerprint density at radius 3 is 2.55 bits per heavy atom. The molecule has 7 heteroatoms. The van der Waals surface area contributed by atoms with Crippen LogP contribution in [0.4, 0.5) is 5.69 Å². The molecule has 3 aromatic rings. The number of amides is 1. The van der Waals surface area contributed by atoms with Gasteiger partial charge >= 0.3 is 0 Å². The van der Waals surface area contributed by atoms with Crippen LogP contribution in [0.3, 0.4) is 0 Å². The predicted molar refractivity (Wildman–Crippen MR) is 122 cm³/mol. The third-order valence-electron chi connectivity index (χ3n) is 5.58. The van der Waals surface area contributed by atoms with Crippen LogP contribution in [0.5, 0.6) is 0 Å². The van der Waals surface area contributed by atoms with Crippen LogP contribution in [0.15, 0.2) is 47.4 Å². The van der Waals surface area contributed by atoms with Crippen molar-refractivity contribution < 1.29 is 4.79 Å². The minimum absolute atomic E-state index is 0.0916. The number of aromatic nitrogens is 3. The van der Waals surface area contributed by atoms with E-state index in [4.69, 9.17) is 0 Å². The summed E-state index contributed by atoms with van der Waals surface area (Å²) < 4.78 is 1.55. The van der Waals surface area contributed by atoms with Gasteiger partial charge in [-0.1, -0.05) is 26.0 Å². The van der Waals surface area contributed by atoms with Gasteiger partial charge in [-0.15, -0.1) is 0 Å². The number of anilines is 1. The number of pyridine rings is 1. The highest BCUT2D eigenvalue weighted by Crippen LogP contribution is 2.20. The van der Waals surface area contributed by atoms with Gasteiger partial charge in [-0.25, -0.2) is 9.97 Å². The summed E-state index contributed by atoms with van der Waals surface area (Å²) in [6.07, 6.45) is 5.41. The molecule has 1 N–H and O–H groups in total. The standard InChI is InChI=1S/C24H29N5O2/c1-17(2)16-29-22-20(7-6-12-25-22)27-21(24(29)31)23(30)26-15-18-8-10-19(11-9-18)28-13-4-3-5-14-28/h6-12,17H,3-5,13-16H2,1-2H3,(H,26,30). The van der Waals surface area contributed by atoms with Crippen molar-refractivity contribution in [1.82, 2.24) is 19.9 Å². The topological polar surface area (TPSA) is 80.1 Å². The Morgan fingerprint density at radius 1 is 1.10 bits per heavy atom. The maximum Gasteiger partial charge on any atom is 0.283 e. The zero-order chi connectivity index (χ0) is 21.8. The second kappa shape index (κ2) is 9.29. The summed E-state index contributed by atoms with van der Waals surface area (Å²) in [5.74, 6) is -0.229. The van der Waals surface area contributed by atoms with Gasteiger partial charge in [0.2, 0.25) is 0 Å². The van der Waals surface area contributed by atoms with Gasteiger partial charge < -0.3 is 10.2 Å². The van der Waals surface area contributed by atoms with E-state index in [2.05, 4.69) is 32.3 Å². The molecule has 0 saturated carbocycles. The Labute approximate surface area is 182 Å². The quantitative estimate of drug-likeness (QED) is 0.663. The maximum atomic E-state index is 13.0. The number of hydrogen-bond acceptors (Lipinski definition) is 5. The first-order chi connectivity index (χ1) is 15.0. The van der Waals surface area contributed by atoms with Gasteiger partial charge in [0.1, 0.15) is 5.52 Å². The summed E-state index contributed by atoms with van der Waals surface area (Å²) in [6.45, 7) is 7.06. The highest BCUT2D eigenvalue weighted by Gasteiger charge is 2.18. The summed E-state index contributed by atoms with van der Waals surface area (Å²) in [5, 5.41) is 2.85. The first-order valence-corrected chi connectivity index (χ1v) is 11.0. The second-order valence-electron chi connectivity index (χ2n) is 8.51. The van der Waals surface area contributed by atoms with E-state index in [1.54, 1.807) is 22.9 Å². The molecule has 0 spiro atoms. The van der Waals surface area contributed by atoms with Crippen molar-refractivity contribution in [3.63, 3.8) is 0 Å². The largest absolute Gasteiger partial charge is 0.372 e. The molecule has 0 bridgehead atoms. The molecule has 2 aromatic heterocycles. The molecule has 0 atom stereocenters.